The number of anilines is 1. The van der Waals surface area contributed by atoms with Crippen molar-refractivity contribution in [1.82, 2.24) is 4.98 Å². The molecule has 1 aromatic heterocycles. The summed E-state index contributed by atoms with van der Waals surface area (Å²) in [5.74, 6) is -0.929. The number of thiol groups is 1. The van der Waals surface area contributed by atoms with Crippen LogP contribution >= 0.6 is 12.6 Å². The van der Waals surface area contributed by atoms with Crippen LogP contribution in [0.25, 0.3) is 0 Å². The number of carboxylic acids is 1. The molecule has 5 nitrogen and oxygen atoms in total. The predicted octanol–water partition coefficient (Wildman–Crippen LogP) is 2.11. The van der Waals surface area contributed by atoms with Gasteiger partial charge in [0, 0.05) is 17.5 Å². The monoisotopic (exact) mass is 302 g/mol. The van der Waals surface area contributed by atoms with Gasteiger partial charge in [-0.1, -0.05) is 30.3 Å². The van der Waals surface area contributed by atoms with Crippen molar-refractivity contribution >= 4 is 30.2 Å². The number of rotatable bonds is 6. The van der Waals surface area contributed by atoms with Crippen LogP contribution in [0.2, 0.25) is 0 Å². The van der Waals surface area contributed by atoms with Crippen molar-refractivity contribution in [2.75, 3.05) is 11.1 Å². The molecule has 0 aliphatic rings. The van der Waals surface area contributed by atoms with Crippen molar-refractivity contribution in [3.8, 4) is 0 Å². The molecule has 1 unspecified atom stereocenters. The van der Waals surface area contributed by atoms with Gasteiger partial charge in [-0.25, -0.2) is 9.78 Å². The van der Waals surface area contributed by atoms with Gasteiger partial charge >= 0.3 is 5.97 Å². The standard InChI is InChI=1S/C15H14N2O3S/c18-13(10-5-2-1-3-6-10)11-7-4-8-16-14(11)17-12(9-21)15(19)20/h1-8,12,21H,9H2,(H,16,17)(H,19,20). The number of benzene rings is 1. The van der Waals surface area contributed by atoms with Gasteiger partial charge in [-0.2, -0.15) is 12.6 Å². The molecule has 2 N–H and O–H groups in total. The molecule has 0 aliphatic heterocycles. The zero-order valence-corrected chi connectivity index (χ0v) is 12.0. The lowest BCUT2D eigenvalue weighted by molar-refractivity contribution is -0.137. The van der Waals surface area contributed by atoms with Crippen LogP contribution < -0.4 is 5.32 Å². The second-order valence-electron chi connectivity index (χ2n) is 4.31. The van der Waals surface area contributed by atoms with E-state index in [2.05, 4.69) is 22.9 Å². The Kier molecular flexibility index (Phi) is 4.94. The number of carboxylic acid groups (broad SMARTS) is 1. The minimum Gasteiger partial charge on any atom is -0.480 e. The molecule has 1 atom stereocenters. The number of aliphatic carboxylic acids is 1. The lowest BCUT2D eigenvalue weighted by Crippen LogP contribution is -2.32. The molecule has 0 bridgehead atoms. The van der Waals surface area contributed by atoms with Crippen LogP contribution in [0.4, 0.5) is 5.82 Å². The highest BCUT2D eigenvalue weighted by atomic mass is 32.1. The third kappa shape index (κ3) is 3.61. The maximum atomic E-state index is 12.5. The Morgan fingerprint density at radius 3 is 2.52 bits per heavy atom. The molecule has 1 heterocycles. The molecule has 21 heavy (non-hydrogen) atoms. The van der Waals surface area contributed by atoms with E-state index in [4.69, 9.17) is 5.11 Å². The van der Waals surface area contributed by atoms with Crippen molar-refractivity contribution in [2.24, 2.45) is 0 Å². The molecule has 108 valence electrons. The quantitative estimate of drug-likeness (QED) is 0.562. The Morgan fingerprint density at radius 1 is 1.19 bits per heavy atom. The smallest absolute Gasteiger partial charge is 0.327 e. The van der Waals surface area contributed by atoms with Gasteiger partial charge in [0.15, 0.2) is 5.78 Å². The third-order valence-corrected chi connectivity index (χ3v) is 3.25. The van der Waals surface area contributed by atoms with Crippen LogP contribution in [0, 0.1) is 0 Å². The first-order chi connectivity index (χ1) is 10.1. The van der Waals surface area contributed by atoms with E-state index < -0.39 is 12.0 Å². The second-order valence-corrected chi connectivity index (χ2v) is 4.68. The van der Waals surface area contributed by atoms with E-state index in [-0.39, 0.29) is 17.4 Å². The maximum Gasteiger partial charge on any atom is 0.327 e. The van der Waals surface area contributed by atoms with E-state index >= 15 is 0 Å². The highest BCUT2D eigenvalue weighted by Gasteiger charge is 2.20. The van der Waals surface area contributed by atoms with Crippen molar-refractivity contribution < 1.29 is 14.7 Å². The predicted molar refractivity (Wildman–Crippen MR) is 83.0 cm³/mol. The first kappa shape index (κ1) is 15.1. The summed E-state index contributed by atoms with van der Waals surface area (Å²) in [4.78, 5) is 27.6. The number of nitrogens with one attached hydrogen (secondary N) is 1. The Hall–Kier alpha value is -2.34. The Labute approximate surface area is 127 Å². The molecule has 0 saturated heterocycles. The molecule has 0 amide bonds. The fourth-order valence-corrected chi connectivity index (χ4v) is 2.05. The average Bonchev–Trinajstić information content (AvgIpc) is 2.52. The minimum absolute atomic E-state index is 0.0882. The summed E-state index contributed by atoms with van der Waals surface area (Å²) in [6, 6.07) is 11.1. The van der Waals surface area contributed by atoms with Gasteiger partial charge in [-0.05, 0) is 12.1 Å². The summed E-state index contributed by atoms with van der Waals surface area (Å²) in [6.45, 7) is 0. The van der Waals surface area contributed by atoms with Crippen LogP contribution in [-0.2, 0) is 4.79 Å². The van der Waals surface area contributed by atoms with Gasteiger partial charge in [0.25, 0.3) is 0 Å². The highest BCUT2D eigenvalue weighted by molar-refractivity contribution is 7.80. The topological polar surface area (TPSA) is 79.3 Å². The molecule has 6 heteroatoms. The van der Waals surface area contributed by atoms with Gasteiger partial charge in [0.05, 0.1) is 5.56 Å². The van der Waals surface area contributed by atoms with Crippen molar-refractivity contribution in [2.45, 2.75) is 6.04 Å². The fraction of sp³-hybridized carbons (Fsp3) is 0.133. The average molecular weight is 302 g/mol. The SMILES string of the molecule is O=C(c1ccccc1)c1cccnc1NC(CS)C(=O)O. The summed E-state index contributed by atoms with van der Waals surface area (Å²) in [7, 11) is 0. The molecule has 2 aromatic rings. The minimum atomic E-state index is -1.05. The van der Waals surface area contributed by atoms with Gasteiger partial charge < -0.3 is 10.4 Å². The van der Waals surface area contributed by atoms with Gasteiger partial charge in [-0.15, -0.1) is 0 Å². The maximum absolute atomic E-state index is 12.5. The number of nitrogens with zero attached hydrogens (tertiary/aromatic N) is 1. The van der Waals surface area contributed by atoms with Gasteiger partial charge in [-0.3, -0.25) is 4.79 Å². The van der Waals surface area contributed by atoms with E-state index in [1.54, 1.807) is 36.4 Å². The van der Waals surface area contributed by atoms with Crippen LogP contribution in [0.5, 0.6) is 0 Å². The largest absolute Gasteiger partial charge is 0.480 e. The first-order valence-electron chi connectivity index (χ1n) is 6.28. The van der Waals surface area contributed by atoms with Crippen LogP contribution in [0.15, 0.2) is 48.7 Å². The molecule has 1 aromatic carbocycles. The van der Waals surface area contributed by atoms with E-state index in [0.29, 0.717) is 11.1 Å². The number of hydrogen-bond acceptors (Lipinski definition) is 5. The Bertz CT molecular complexity index is 646. The number of hydrogen-bond donors (Lipinski definition) is 3. The zero-order chi connectivity index (χ0) is 15.2. The van der Waals surface area contributed by atoms with E-state index in [0.717, 1.165) is 0 Å². The summed E-state index contributed by atoms with van der Waals surface area (Å²) in [5.41, 5.74) is 0.850. The molecule has 0 saturated carbocycles. The molecule has 2 rings (SSSR count). The number of aromatic nitrogens is 1. The fourth-order valence-electron chi connectivity index (χ4n) is 1.80. The van der Waals surface area contributed by atoms with Crippen molar-refractivity contribution in [3.05, 3.63) is 59.8 Å². The van der Waals surface area contributed by atoms with Crippen LogP contribution in [0.3, 0.4) is 0 Å². The van der Waals surface area contributed by atoms with Gasteiger partial charge in [0.1, 0.15) is 11.9 Å². The van der Waals surface area contributed by atoms with Crippen LogP contribution in [-0.4, -0.2) is 33.6 Å². The highest BCUT2D eigenvalue weighted by Crippen LogP contribution is 2.17. The summed E-state index contributed by atoms with van der Waals surface area (Å²) >= 11 is 3.99. The molecular formula is C15H14N2O3S. The Balaban J connectivity index is 2.33. The normalized spacial score (nSPS) is 11.7. The second kappa shape index (κ2) is 6.90. The summed E-state index contributed by atoms with van der Waals surface area (Å²) in [5, 5.41) is 11.8. The third-order valence-electron chi connectivity index (χ3n) is 2.88. The number of pyridine rings is 1. The van der Waals surface area contributed by atoms with Crippen molar-refractivity contribution in [1.29, 1.82) is 0 Å². The summed E-state index contributed by atoms with van der Waals surface area (Å²) in [6.07, 6.45) is 1.50. The lowest BCUT2D eigenvalue weighted by atomic mass is 10.0. The van der Waals surface area contributed by atoms with E-state index in [9.17, 15) is 9.59 Å². The Morgan fingerprint density at radius 2 is 1.90 bits per heavy atom. The number of carbonyl (C=O) groups excluding carboxylic acids is 1. The first-order valence-corrected chi connectivity index (χ1v) is 6.91. The van der Waals surface area contributed by atoms with E-state index in [1.807, 2.05) is 6.07 Å². The molecular weight excluding hydrogens is 288 g/mol. The summed E-state index contributed by atoms with van der Waals surface area (Å²) < 4.78 is 0. The van der Waals surface area contributed by atoms with Crippen molar-refractivity contribution in [3.63, 3.8) is 0 Å². The van der Waals surface area contributed by atoms with E-state index in [1.165, 1.54) is 6.20 Å². The molecule has 0 radical (unpaired) electrons. The molecule has 0 fully saturated rings. The molecule has 0 spiro atoms. The molecule has 0 aliphatic carbocycles. The van der Waals surface area contributed by atoms with Crippen LogP contribution in [0.1, 0.15) is 15.9 Å². The zero-order valence-electron chi connectivity index (χ0n) is 11.1. The van der Waals surface area contributed by atoms with Gasteiger partial charge in [0.2, 0.25) is 0 Å². The number of ketones is 1. The number of carbonyl (C=O) groups is 2. The lowest BCUT2D eigenvalue weighted by Gasteiger charge is -2.15.